The van der Waals surface area contributed by atoms with Gasteiger partial charge in [0.1, 0.15) is 18.2 Å². The SMILES string of the molecule is Cc1[nH]c(CN(C)CCNc2cc([C@H]3CCOC3)ncn2)cc1C#N. The number of ether oxygens (including phenoxy) is 1. The summed E-state index contributed by atoms with van der Waals surface area (Å²) in [5, 5.41) is 12.4. The molecule has 7 nitrogen and oxygen atoms in total. The van der Waals surface area contributed by atoms with Gasteiger partial charge in [0.15, 0.2) is 0 Å². The van der Waals surface area contributed by atoms with E-state index in [-0.39, 0.29) is 0 Å². The smallest absolute Gasteiger partial charge is 0.129 e. The number of anilines is 1. The number of likely N-dealkylation sites (N-methyl/N-ethyl adjacent to an activating group) is 1. The lowest BCUT2D eigenvalue weighted by atomic mass is 10.1. The standard InChI is InChI=1S/C18H24N6O/c1-13-15(9-19)7-16(23-13)10-24(2)5-4-20-18-8-17(21-12-22-18)14-3-6-25-11-14/h7-8,12,14,23H,3-6,10-11H2,1-2H3,(H,20,21,22)/t14-/m0/s1. The number of aromatic amines is 1. The van der Waals surface area contributed by atoms with Crippen LogP contribution in [0.1, 0.15) is 35.0 Å². The van der Waals surface area contributed by atoms with Crippen LogP contribution in [-0.4, -0.2) is 53.2 Å². The minimum Gasteiger partial charge on any atom is -0.381 e. The second-order valence-corrected chi connectivity index (χ2v) is 6.50. The molecule has 2 N–H and O–H groups in total. The molecule has 132 valence electrons. The Bertz CT molecular complexity index is 744. The summed E-state index contributed by atoms with van der Waals surface area (Å²) in [7, 11) is 2.06. The normalized spacial score (nSPS) is 17.0. The first-order chi connectivity index (χ1) is 12.2. The van der Waals surface area contributed by atoms with E-state index in [9.17, 15) is 0 Å². The minimum absolute atomic E-state index is 0.386. The van der Waals surface area contributed by atoms with Gasteiger partial charge in [-0.3, -0.25) is 4.90 Å². The van der Waals surface area contributed by atoms with Gasteiger partial charge in [0, 0.05) is 49.6 Å². The molecule has 1 aliphatic rings. The van der Waals surface area contributed by atoms with Gasteiger partial charge in [-0.25, -0.2) is 9.97 Å². The van der Waals surface area contributed by atoms with Crippen LogP contribution in [0, 0.1) is 18.3 Å². The van der Waals surface area contributed by atoms with E-state index >= 15 is 0 Å². The van der Waals surface area contributed by atoms with Gasteiger partial charge in [0.2, 0.25) is 0 Å². The van der Waals surface area contributed by atoms with Crippen molar-refractivity contribution in [2.75, 3.05) is 38.7 Å². The molecule has 0 saturated carbocycles. The summed E-state index contributed by atoms with van der Waals surface area (Å²) in [5.74, 6) is 1.24. The number of aryl methyl sites for hydroxylation is 1. The third-order valence-corrected chi connectivity index (χ3v) is 4.47. The maximum Gasteiger partial charge on any atom is 0.129 e. The van der Waals surface area contributed by atoms with Crippen molar-refractivity contribution in [3.05, 3.63) is 41.1 Å². The van der Waals surface area contributed by atoms with E-state index in [0.29, 0.717) is 11.5 Å². The summed E-state index contributed by atoms with van der Waals surface area (Å²) in [6.45, 7) is 5.92. The number of H-pyrrole nitrogens is 1. The van der Waals surface area contributed by atoms with E-state index in [2.05, 4.69) is 38.3 Å². The van der Waals surface area contributed by atoms with E-state index in [4.69, 9.17) is 10.00 Å². The third-order valence-electron chi connectivity index (χ3n) is 4.47. The van der Waals surface area contributed by atoms with E-state index in [1.54, 1.807) is 6.33 Å². The molecule has 7 heteroatoms. The van der Waals surface area contributed by atoms with Gasteiger partial charge in [-0.2, -0.15) is 5.26 Å². The van der Waals surface area contributed by atoms with E-state index in [1.165, 1.54) is 0 Å². The van der Waals surface area contributed by atoms with Crippen molar-refractivity contribution in [1.82, 2.24) is 19.9 Å². The molecule has 2 aromatic heterocycles. The number of nitrogens with zero attached hydrogens (tertiary/aromatic N) is 4. The topological polar surface area (TPSA) is 89.9 Å². The summed E-state index contributed by atoms with van der Waals surface area (Å²) in [6, 6.07) is 6.13. The Balaban J connectivity index is 1.47. The van der Waals surface area contributed by atoms with Crippen molar-refractivity contribution < 1.29 is 4.74 Å². The molecular formula is C18H24N6O. The minimum atomic E-state index is 0.386. The molecule has 0 bridgehead atoms. The first kappa shape index (κ1) is 17.4. The fraction of sp³-hybridized carbons (Fsp3) is 0.500. The molecule has 1 atom stereocenters. The summed E-state index contributed by atoms with van der Waals surface area (Å²) >= 11 is 0. The highest BCUT2D eigenvalue weighted by Crippen LogP contribution is 2.24. The van der Waals surface area contributed by atoms with Crippen LogP contribution >= 0.6 is 0 Å². The van der Waals surface area contributed by atoms with Crippen molar-refractivity contribution in [3.63, 3.8) is 0 Å². The van der Waals surface area contributed by atoms with Gasteiger partial charge in [0.05, 0.1) is 17.9 Å². The Morgan fingerprint density at radius 2 is 2.32 bits per heavy atom. The lowest BCUT2D eigenvalue weighted by Gasteiger charge is -2.16. The van der Waals surface area contributed by atoms with E-state index in [1.807, 2.05) is 19.1 Å². The molecule has 0 radical (unpaired) electrons. The highest BCUT2D eigenvalue weighted by atomic mass is 16.5. The molecule has 1 saturated heterocycles. The molecule has 1 aliphatic heterocycles. The number of rotatable bonds is 7. The highest BCUT2D eigenvalue weighted by Gasteiger charge is 2.19. The van der Waals surface area contributed by atoms with Crippen molar-refractivity contribution in [3.8, 4) is 6.07 Å². The first-order valence-electron chi connectivity index (χ1n) is 8.56. The Hall–Kier alpha value is -2.43. The number of hydrogen-bond donors (Lipinski definition) is 2. The predicted octanol–water partition coefficient (Wildman–Crippen LogP) is 2.03. The average molecular weight is 340 g/mol. The van der Waals surface area contributed by atoms with Crippen molar-refractivity contribution in [1.29, 1.82) is 5.26 Å². The maximum absolute atomic E-state index is 9.02. The lowest BCUT2D eigenvalue weighted by Crippen LogP contribution is -2.25. The zero-order chi connectivity index (χ0) is 17.6. The molecule has 2 aromatic rings. The quantitative estimate of drug-likeness (QED) is 0.801. The molecule has 0 aromatic carbocycles. The molecule has 0 spiro atoms. The Morgan fingerprint density at radius 1 is 1.44 bits per heavy atom. The predicted molar refractivity (Wildman–Crippen MR) is 95.3 cm³/mol. The second-order valence-electron chi connectivity index (χ2n) is 6.50. The summed E-state index contributed by atoms with van der Waals surface area (Å²) < 4.78 is 5.43. The molecule has 0 aliphatic carbocycles. The molecule has 3 heterocycles. The Labute approximate surface area is 148 Å². The van der Waals surface area contributed by atoms with E-state index < -0.39 is 0 Å². The summed E-state index contributed by atoms with van der Waals surface area (Å²) in [6.07, 6.45) is 2.64. The van der Waals surface area contributed by atoms with Crippen molar-refractivity contribution in [2.45, 2.75) is 25.8 Å². The number of nitriles is 1. The lowest BCUT2D eigenvalue weighted by molar-refractivity contribution is 0.193. The molecule has 0 amide bonds. The van der Waals surface area contributed by atoms with Crippen LogP contribution in [0.15, 0.2) is 18.5 Å². The van der Waals surface area contributed by atoms with Gasteiger partial charge in [-0.1, -0.05) is 0 Å². The van der Waals surface area contributed by atoms with Crippen LogP contribution in [0.2, 0.25) is 0 Å². The van der Waals surface area contributed by atoms with Crippen LogP contribution in [0.25, 0.3) is 0 Å². The van der Waals surface area contributed by atoms with Crippen LogP contribution < -0.4 is 5.32 Å². The van der Waals surface area contributed by atoms with Crippen LogP contribution in [0.5, 0.6) is 0 Å². The largest absolute Gasteiger partial charge is 0.381 e. The van der Waals surface area contributed by atoms with Gasteiger partial charge in [-0.15, -0.1) is 0 Å². The fourth-order valence-corrected chi connectivity index (χ4v) is 3.03. The monoisotopic (exact) mass is 340 g/mol. The zero-order valence-corrected chi connectivity index (χ0v) is 14.7. The highest BCUT2D eigenvalue weighted by molar-refractivity contribution is 5.36. The molecule has 1 fully saturated rings. The third kappa shape index (κ3) is 4.56. The Morgan fingerprint density at radius 3 is 3.04 bits per heavy atom. The zero-order valence-electron chi connectivity index (χ0n) is 14.7. The molecule has 0 unspecified atom stereocenters. The molecular weight excluding hydrogens is 316 g/mol. The number of hydrogen-bond acceptors (Lipinski definition) is 6. The Kier molecular flexibility index (Phi) is 5.64. The number of nitrogens with one attached hydrogen (secondary N) is 2. The molecule has 25 heavy (non-hydrogen) atoms. The number of aromatic nitrogens is 3. The van der Waals surface area contributed by atoms with Crippen LogP contribution in [-0.2, 0) is 11.3 Å². The first-order valence-corrected chi connectivity index (χ1v) is 8.56. The van der Waals surface area contributed by atoms with Crippen LogP contribution in [0.3, 0.4) is 0 Å². The maximum atomic E-state index is 9.02. The molecule has 3 rings (SSSR count). The van der Waals surface area contributed by atoms with Crippen molar-refractivity contribution >= 4 is 5.82 Å². The van der Waals surface area contributed by atoms with Gasteiger partial charge in [0.25, 0.3) is 0 Å². The van der Waals surface area contributed by atoms with E-state index in [0.717, 1.165) is 62.2 Å². The fourth-order valence-electron chi connectivity index (χ4n) is 3.03. The van der Waals surface area contributed by atoms with Gasteiger partial charge < -0.3 is 15.0 Å². The van der Waals surface area contributed by atoms with Gasteiger partial charge in [-0.05, 0) is 26.5 Å². The van der Waals surface area contributed by atoms with Crippen molar-refractivity contribution in [2.24, 2.45) is 0 Å². The summed E-state index contributed by atoms with van der Waals surface area (Å²) in [5.41, 5.74) is 3.75. The van der Waals surface area contributed by atoms with Gasteiger partial charge >= 0.3 is 0 Å². The second kappa shape index (κ2) is 8.10. The van der Waals surface area contributed by atoms with Crippen LogP contribution in [0.4, 0.5) is 5.82 Å². The average Bonchev–Trinajstić information content (AvgIpc) is 3.25. The summed E-state index contributed by atoms with van der Waals surface area (Å²) in [4.78, 5) is 14.1.